The topological polar surface area (TPSA) is 50.6 Å². The number of hydrogen-bond donors (Lipinski definition) is 0. The van der Waals surface area contributed by atoms with Crippen LogP contribution in [-0.2, 0) is 22.2 Å². The molecule has 1 aliphatic rings. The first-order chi connectivity index (χ1) is 12.0. The van der Waals surface area contributed by atoms with Gasteiger partial charge in [0.05, 0.1) is 11.9 Å². The Hall–Kier alpha value is -2.41. The molecule has 1 aromatic carbocycles. The van der Waals surface area contributed by atoms with Crippen LogP contribution in [0.3, 0.4) is 0 Å². The lowest BCUT2D eigenvalue weighted by Gasteiger charge is -2.39. The summed E-state index contributed by atoms with van der Waals surface area (Å²) in [5.74, 6) is -0.653. The smallest absolute Gasteiger partial charge is 0.259 e. The van der Waals surface area contributed by atoms with Gasteiger partial charge in [-0.2, -0.15) is 5.10 Å². The van der Waals surface area contributed by atoms with Crippen LogP contribution in [0.1, 0.15) is 12.5 Å². The zero-order valence-corrected chi connectivity index (χ0v) is 14.8. The summed E-state index contributed by atoms with van der Waals surface area (Å²) in [7, 11) is 3.32. The van der Waals surface area contributed by atoms with Crippen molar-refractivity contribution in [2.24, 2.45) is 7.05 Å². The highest BCUT2D eigenvalue weighted by Gasteiger charge is 2.41. The molecule has 6 nitrogen and oxygen atoms in total. The summed E-state index contributed by atoms with van der Waals surface area (Å²) in [5.41, 5.74) is -0.0302. The van der Waals surface area contributed by atoms with Gasteiger partial charge in [-0.15, -0.1) is 0 Å². The number of piperazine rings is 1. The predicted octanol–water partition coefficient (Wildman–Crippen LogP) is 1.77. The van der Waals surface area contributed by atoms with Gasteiger partial charge in [0.2, 0.25) is 0 Å². The van der Waals surface area contributed by atoms with Crippen LogP contribution in [0.15, 0.2) is 36.7 Å². The molecule has 1 atom stereocenters. The number of hydrogen-bond acceptors (Lipinski definition) is 4. The molecular formula is C18H23FN4O2. The molecule has 0 aliphatic carbocycles. The van der Waals surface area contributed by atoms with Crippen LogP contribution >= 0.6 is 0 Å². The van der Waals surface area contributed by atoms with Gasteiger partial charge in [0.1, 0.15) is 5.82 Å². The molecule has 2 heterocycles. The quantitative estimate of drug-likeness (QED) is 0.847. The number of carbonyl (C=O) groups excluding carboxylic acids is 1. The Labute approximate surface area is 146 Å². The number of carbonyl (C=O) groups is 1. The molecule has 1 amide bonds. The van der Waals surface area contributed by atoms with Crippen molar-refractivity contribution in [2.45, 2.75) is 12.5 Å². The number of anilines is 1. The Kier molecular flexibility index (Phi) is 4.76. The number of halogens is 1. The fourth-order valence-electron chi connectivity index (χ4n) is 3.20. The average Bonchev–Trinajstić information content (AvgIpc) is 3.07. The summed E-state index contributed by atoms with van der Waals surface area (Å²) < 4.78 is 21.5. The van der Waals surface area contributed by atoms with E-state index in [1.54, 1.807) is 34.7 Å². The molecular weight excluding hydrogens is 323 g/mol. The first-order valence-corrected chi connectivity index (χ1v) is 8.29. The van der Waals surface area contributed by atoms with Crippen molar-refractivity contribution in [3.05, 3.63) is 48.0 Å². The number of rotatable bonds is 4. The second-order valence-corrected chi connectivity index (χ2v) is 6.37. The van der Waals surface area contributed by atoms with Gasteiger partial charge < -0.3 is 14.5 Å². The molecule has 1 aliphatic heterocycles. The molecule has 0 radical (unpaired) electrons. The maximum Gasteiger partial charge on any atom is 0.259 e. The van der Waals surface area contributed by atoms with E-state index in [0.717, 1.165) is 5.69 Å². The van der Waals surface area contributed by atoms with Crippen LogP contribution in [0.2, 0.25) is 0 Å². The van der Waals surface area contributed by atoms with Crippen molar-refractivity contribution in [1.82, 2.24) is 14.7 Å². The lowest BCUT2D eigenvalue weighted by molar-refractivity contribution is -0.155. The van der Waals surface area contributed by atoms with E-state index in [9.17, 15) is 9.18 Å². The first-order valence-electron chi connectivity index (χ1n) is 8.29. The molecule has 1 unspecified atom stereocenters. The number of nitrogens with zero attached hydrogens (tertiary/aromatic N) is 4. The zero-order valence-electron chi connectivity index (χ0n) is 14.8. The molecule has 1 saturated heterocycles. The van der Waals surface area contributed by atoms with E-state index in [2.05, 4.69) is 10.00 Å². The number of amides is 1. The van der Waals surface area contributed by atoms with E-state index in [1.165, 1.54) is 13.2 Å². The Morgan fingerprint density at radius 2 is 1.92 bits per heavy atom. The maximum atomic E-state index is 14.2. The van der Waals surface area contributed by atoms with Gasteiger partial charge >= 0.3 is 0 Å². The van der Waals surface area contributed by atoms with E-state index in [0.29, 0.717) is 26.2 Å². The zero-order chi connectivity index (χ0) is 18.0. The van der Waals surface area contributed by atoms with Gasteiger partial charge in [-0.25, -0.2) is 4.39 Å². The highest BCUT2D eigenvalue weighted by Crippen LogP contribution is 2.30. The van der Waals surface area contributed by atoms with E-state index >= 15 is 0 Å². The summed E-state index contributed by atoms with van der Waals surface area (Å²) in [6.07, 6.45) is 3.77. The lowest BCUT2D eigenvalue weighted by Crippen LogP contribution is -2.54. The number of benzene rings is 1. The molecule has 0 saturated carbocycles. The monoisotopic (exact) mass is 346 g/mol. The predicted molar refractivity (Wildman–Crippen MR) is 92.8 cm³/mol. The molecule has 0 bridgehead atoms. The average molecular weight is 346 g/mol. The second kappa shape index (κ2) is 6.84. The van der Waals surface area contributed by atoms with Crippen molar-refractivity contribution >= 4 is 11.6 Å². The number of aromatic nitrogens is 2. The lowest BCUT2D eigenvalue weighted by atomic mass is 9.93. The van der Waals surface area contributed by atoms with Gasteiger partial charge in [0.25, 0.3) is 5.91 Å². The van der Waals surface area contributed by atoms with Crippen molar-refractivity contribution in [1.29, 1.82) is 0 Å². The SMILES string of the molecule is COC(C)(C(=O)N1CCN(c2cnn(C)c2)CC1)c1ccccc1F. The first kappa shape index (κ1) is 17.4. The minimum absolute atomic E-state index is 0.217. The van der Waals surface area contributed by atoms with Gasteiger partial charge in [0.15, 0.2) is 5.60 Å². The Balaban J connectivity index is 1.73. The molecule has 2 aromatic rings. The Morgan fingerprint density at radius 1 is 1.24 bits per heavy atom. The third-order valence-electron chi connectivity index (χ3n) is 4.83. The standard InChI is InChI=1S/C18H23FN4O2/c1-18(25-3,15-6-4-5-7-16(15)19)17(24)23-10-8-22(9-11-23)14-12-20-21(2)13-14/h4-7,12-13H,8-11H2,1-3H3. The fourth-order valence-corrected chi connectivity index (χ4v) is 3.20. The summed E-state index contributed by atoms with van der Waals surface area (Å²) in [4.78, 5) is 17.0. The van der Waals surface area contributed by atoms with Crippen molar-refractivity contribution < 1.29 is 13.9 Å². The van der Waals surface area contributed by atoms with Crippen molar-refractivity contribution in [2.75, 3.05) is 38.2 Å². The third kappa shape index (κ3) is 3.24. The summed E-state index contributed by atoms with van der Waals surface area (Å²) in [5, 5.41) is 4.18. The van der Waals surface area contributed by atoms with Crippen molar-refractivity contribution in [3.63, 3.8) is 0 Å². The molecule has 0 spiro atoms. The maximum absolute atomic E-state index is 14.2. The normalized spacial score (nSPS) is 17.4. The Morgan fingerprint density at radius 3 is 2.48 bits per heavy atom. The second-order valence-electron chi connectivity index (χ2n) is 6.37. The third-order valence-corrected chi connectivity index (χ3v) is 4.83. The van der Waals surface area contributed by atoms with E-state index in [4.69, 9.17) is 4.74 Å². The summed E-state index contributed by atoms with van der Waals surface area (Å²) in [6.45, 7) is 4.15. The van der Waals surface area contributed by atoms with E-state index in [-0.39, 0.29) is 11.5 Å². The van der Waals surface area contributed by atoms with Gasteiger partial charge in [0, 0.05) is 52.1 Å². The van der Waals surface area contributed by atoms with Crippen LogP contribution in [0.25, 0.3) is 0 Å². The van der Waals surface area contributed by atoms with E-state index < -0.39 is 11.4 Å². The van der Waals surface area contributed by atoms with Gasteiger partial charge in [-0.3, -0.25) is 9.48 Å². The van der Waals surface area contributed by atoms with Crippen LogP contribution in [-0.4, -0.2) is 53.9 Å². The largest absolute Gasteiger partial charge is 0.365 e. The number of aryl methyl sites for hydroxylation is 1. The molecule has 1 fully saturated rings. The molecule has 0 N–H and O–H groups in total. The molecule has 1 aromatic heterocycles. The number of methoxy groups -OCH3 is 1. The summed E-state index contributed by atoms with van der Waals surface area (Å²) >= 11 is 0. The summed E-state index contributed by atoms with van der Waals surface area (Å²) in [6, 6.07) is 6.26. The minimum atomic E-state index is -1.33. The molecule has 7 heteroatoms. The minimum Gasteiger partial charge on any atom is -0.365 e. The van der Waals surface area contributed by atoms with Crippen LogP contribution < -0.4 is 4.90 Å². The molecule has 134 valence electrons. The van der Waals surface area contributed by atoms with Crippen LogP contribution in [0.5, 0.6) is 0 Å². The highest BCUT2D eigenvalue weighted by molar-refractivity contribution is 5.86. The van der Waals surface area contributed by atoms with Gasteiger partial charge in [-0.1, -0.05) is 18.2 Å². The van der Waals surface area contributed by atoms with E-state index in [1.807, 2.05) is 19.4 Å². The number of ether oxygens (including phenoxy) is 1. The fraction of sp³-hybridized carbons (Fsp3) is 0.444. The van der Waals surface area contributed by atoms with Crippen molar-refractivity contribution in [3.8, 4) is 0 Å². The van der Waals surface area contributed by atoms with Crippen LogP contribution in [0, 0.1) is 5.82 Å². The molecule has 25 heavy (non-hydrogen) atoms. The highest BCUT2D eigenvalue weighted by atomic mass is 19.1. The van der Waals surface area contributed by atoms with Crippen LogP contribution in [0.4, 0.5) is 10.1 Å². The van der Waals surface area contributed by atoms with Gasteiger partial charge in [-0.05, 0) is 13.0 Å². The Bertz CT molecular complexity index is 755. The molecule has 3 rings (SSSR count).